The number of aromatic amines is 1. The van der Waals surface area contributed by atoms with Gasteiger partial charge in [-0.3, -0.25) is 4.79 Å². The predicted molar refractivity (Wildman–Crippen MR) is 65.9 cm³/mol. The molecular weight excluding hydrogens is 242 g/mol. The molecule has 0 amide bonds. The molecule has 2 N–H and O–H groups in total. The second kappa shape index (κ2) is 4.22. The van der Waals surface area contributed by atoms with Gasteiger partial charge in [-0.05, 0) is 24.6 Å². The van der Waals surface area contributed by atoms with Crippen molar-refractivity contribution < 1.29 is 9.90 Å². The lowest BCUT2D eigenvalue weighted by atomic mass is 10.1. The van der Waals surface area contributed by atoms with E-state index in [1.165, 1.54) is 6.07 Å². The van der Waals surface area contributed by atoms with Gasteiger partial charge in [-0.15, -0.1) is 0 Å². The predicted octanol–water partition coefficient (Wildman–Crippen LogP) is 2.44. The normalized spacial score (nSPS) is 10.7. The minimum atomic E-state index is -1.22. The zero-order valence-electron chi connectivity index (χ0n) is 9.08. The smallest absolute Gasteiger partial charge is 0.341 e. The van der Waals surface area contributed by atoms with Crippen molar-refractivity contribution >= 4 is 28.5 Å². The summed E-state index contributed by atoms with van der Waals surface area (Å²) in [5.41, 5.74) is 0.325. The van der Waals surface area contributed by atoms with Crippen LogP contribution in [-0.2, 0) is 6.42 Å². The molecule has 88 valence electrons. The van der Waals surface area contributed by atoms with Gasteiger partial charge in [-0.1, -0.05) is 18.5 Å². The van der Waals surface area contributed by atoms with Crippen molar-refractivity contribution in [3.8, 4) is 0 Å². The maximum atomic E-state index is 12.0. The highest BCUT2D eigenvalue weighted by atomic mass is 35.5. The van der Waals surface area contributed by atoms with Gasteiger partial charge in [0, 0.05) is 21.6 Å². The van der Waals surface area contributed by atoms with Crippen molar-refractivity contribution in [3.63, 3.8) is 0 Å². The number of carbonyl (C=O) groups is 1. The average Bonchev–Trinajstić information content (AvgIpc) is 2.29. The van der Waals surface area contributed by atoms with E-state index in [0.717, 1.165) is 0 Å². The number of H-pyrrole nitrogens is 1. The van der Waals surface area contributed by atoms with Crippen LogP contribution in [0.25, 0.3) is 10.9 Å². The molecule has 0 saturated heterocycles. The Bertz CT molecular complexity index is 661. The summed E-state index contributed by atoms with van der Waals surface area (Å²) in [6, 6.07) is 4.80. The Kier molecular flexibility index (Phi) is 2.90. The first kappa shape index (κ1) is 11.7. The number of aromatic carboxylic acids is 1. The molecule has 0 aliphatic rings. The Morgan fingerprint density at radius 1 is 1.47 bits per heavy atom. The van der Waals surface area contributed by atoms with Gasteiger partial charge in [-0.2, -0.15) is 0 Å². The number of benzene rings is 1. The van der Waals surface area contributed by atoms with E-state index < -0.39 is 11.4 Å². The summed E-state index contributed by atoms with van der Waals surface area (Å²) >= 11 is 5.80. The Morgan fingerprint density at radius 3 is 2.76 bits per heavy atom. The van der Waals surface area contributed by atoms with E-state index in [-0.39, 0.29) is 5.56 Å². The van der Waals surface area contributed by atoms with E-state index in [1.54, 1.807) is 19.1 Å². The lowest BCUT2D eigenvalue weighted by molar-refractivity contribution is 0.0694. The van der Waals surface area contributed by atoms with Gasteiger partial charge in [0.1, 0.15) is 5.56 Å². The first-order chi connectivity index (χ1) is 8.04. The third-order valence-corrected chi connectivity index (χ3v) is 2.84. The number of halogens is 1. The number of carboxylic acid groups (broad SMARTS) is 1. The fraction of sp³-hybridized carbons (Fsp3) is 0.167. The molecule has 0 bridgehead atoms. The van der Waals surface area contributed by atoms with E-state index in [1.807, 2.05) is 0 Å². The molecule has 17 heavy (non-hydrogen) atoms. The van der Waals surface area contributed by atoms with E-state index in [2.05, 4.69) is 4.98 Å². The second-order valence-corrected chi connectivity index (χ2v) is 4.09. The van der Waals surface area contributed by atoms with E-state index in [4.69, 9.17) is 16.7 Å². The number of pyridine rings is 1. The molecule has 0 radical (unpaired) electrons. The molecule has 0 saturated carbocycles. The number of fused-ring (bicyclic) bond motifs is 1. The second-order valence-electron chi connectivity index (χ2n) is 3.66. The van der Waals surface area contributed by atoms with Crippen LogP contribution >= 0.6 is 11.6 Å². The van der Waals surface area contributed by atoms with Crippen LogP contribution in [-0.4, -0.2) is 16.1 Å². The number of aromatic nitrogens is 1. The third-order valence-electron chi connectivity index (χ3n) is 2.61. The lowest BCUT2D eigenvalue weighted by Crippen LogP contribution is -2.19. The van der Waals surface area contributed by atoms with Crippen LogP contribution in [0.2, 0.25) is 5.02 Å². The number of hydrogen-bond donors (Lipinski definition) is 2. The Morgan fingerprint density at radius 2 is 2.18 bits per heavy atom. The summed E-state index contributed by atoms with van der Waals surface area (Å²) in [7, 11) is 0. The van der Waals surface area contributed by atoms with Crippen molar-refractivity contribution in [2.45, 2.75) is 13.3 Å². The largest absolute Gasteiger partial charge is 0.477 e. The van der Waals surface area contributed by atoms with Crippen LogP contribution in [0, 0.1) is 0 Å². The van der Waals surface area contributed by atoms with Gasteiger partial charge >= 0.3 is 5.97 Å². The molecule has 2 rings (SSSR count). The van der Waals surface area contributed by atoms with Gasteiger partial charge in [-0.25, -0.2) is 4.79 Å². The molecule has 5 heteroatoms. The van der Waals surface area contributed by atoms with Crippen molar-refractivity contribution in [2.24, 2.45) is 0 Å². The molecule has 1 aromatic heterocycles. The molecule has 1 aromatic carbocycles. The van der Waals surface area contributed by atoms with Crippen molar-refractivity contribution in [1.82, 2.24) is 4.98 Å². The molecule has 1 heterocycles. The molecule has 0 aliphatic heterocycles. The van der Waals surface area contributed by atoms with Crippen LogP contribution in [0.4, 0.5) is 0 Å². The minimum absolute atomic E-state index is 0.206. The minimum Gasteiger partial charge on any atom is -0.477 e. The summed E-state index contributed by atoms with van der Waals surface area (Å²) in [4.78, 5) is 26.1. The zero-order valence-corrected chi connectivity index (χ0v) is 9.84. The number of rotatable bonds is 2. The summed E-state index contributed by atoms with van der Waals surface area (Å²) in [6.45, 7) is 1.79. The maximum Gasteiger partial charge on any atom is 0.341 e. The molecule has 0 unspecified atom stereocenters. The van der Waals surface area contributed by atoms with E-state index in [9.17, 15) is 9.59 Å². The summed E-state index contributed by atoms with van der Waals surface area (Å²) in [5, 5.41) is 9.76. The Hall–Kier alpha value is -1.81. The number of hydrogen-bond acceptors (Lipinski definition) is 2. The van der Waals surface area contributed by atoms with Gasteiger partial charge in [0.2, 0.25) is 5.43 Å². The lowest BCUT2D eigenvalue weighted by Gasteiger charge is -2.06. The number of nitrogens with one attached hydrogen (secondary N) is 1. The van der Waals surface area contributed by atoms with Crippen molar-refractivity contribution in [1.29, 1.82) is 0 Å². The molecule has 0 spiro atoms. The van der Waals surface area contributed by atoms with Gasteiger partial charge in [0.25, 0.3) is 0 Å². The zero-order chi connectivity index (χ0) is 12.6. The quantitative estimate of drug-likeness (QED) is 0.861. The summed E-state index contributed by atoms with van der Waals surface area (Å²) in [5.74, 6) is -1.22. The molecule has 2 aromatic rings. The SMILES string of the molecule is CCc1[nH]c2ccc(Cl)cc2c(=O)c1C(=O)O. The fourth-order valence-electron chi connectivity index (χ4n) is 1.80. The first-order valence-corrected chi connectivity index (χ1v) is 5.50. The molecule has 0 atom stereocenters. The third kappa shape index (κ3) is 1.91. The van der Waals surface area contributed by atoms with Crippen LogP contribution < -0.4 is 5.43 Å². The Labute approximate surface area is 102 Å². The molecule has 4 nitrogen and oxygen atoms in total. The van der Waals surface area contributed by atoms with Crippen molar-refractivity contribution in [2.75, 3.05) is 0 Å². The summed E-state index contributed by atoms with van der Waals surface area (Å²) < 4.78 is 0. The number of carboxylic acids is 1. The highest BCUT2D eigenvalue weighted by molar-refractivity contribution is 6.31. The van der Waals surface area contributed by atoms with E-state index >= 15 is 0 Å². The molecule has 0 aliphatic carbocycles. The molecule has 0 fully saturated rings. The van der Waals surface area contributed by atoms with E-state index in [0.29, 0.717) is 28.0 Å². The van der Waals surface area contributed by atoms with Crippen LogP contribution in [0.3, 0.4) is 0 Å². The number of aryl methyl sites for hydroxylation is 1. The van der Waals surface area contributed by atoms with Gasteiger partial charge in [0.15, 0.2) is 0 Å². The summed E-state index contributed by atoms with van der Waals surface area (Å²) in [6.07, 6.45) is 0.454. The fourth-order valence-corrected chi connectivity index (χ4v) is 1.97. The van der Waals surface area contributed by atoms with Crippen LogP contribution in [0.1, 0.15) is 23.0 Å². The Balaban J connectivity index is 2.94. The highest BCUT2D eigenvalue weighted by Crippen LogP contribution is 2.17. The monoisotopic (exact) mass is 251 g/mol. The van der Waals surface area contributed by atoms with Gasteiger partial charge < -0.3 is 10.1 Å². The topological polar surface area (TPSA) is 70.2 Å². The van der Waals surface area contributed by atoms with Gasteiger partial charge in [0.05, 0.1) is 0 Å². The standard InChI is InChI=1S/C12H10ClNO3/c1-2-8-10(12(16)17)11(15)7-5-6(13)3-4-9(7)14-8/h3-5H,2H2,1H3,(H,14,15)(H,16,17). The molecular formula is C12H10ClNO3. The first-order valence-electron chi connectivity index (χ1n) is 5.12. The van der Waals surface area contributed by atoms with Crippen LogP contribution in [0.5, 0.6) is 0 Å². The highest BCUT2D eigenvalue weighted by Gasteiger charge is 2.16. The maximum absolute atomic E-state index is 12.0. The van der Waals surface area contributed by atoms with Crippen molar-refractivity contribution in [3.05, 3.63) is 44.7 Å². The average molecular weight is 252 g/mol. The van der Waals surface area contributed by atoms with Crippen LogP contribution in [0.15, 0.2) is 23.0 Å².